The zero-order valence-corrected chi connectivity index (χ0v) is 13.7. The van der Waals surface area contributed by atoms with Crippen LogP contribution in [0.2, 0.25) is 8.67 Å². The van der Waals surface area contributed by atoms with Crippen molar-refractivity contribution in [1.29, 1.82) is 0 Å². The molecule has 0 atom stereocenters. The van der Waals surface area contributed by atoms with Crippen molar-refractivity contribution < 1.29 is 22.7 Å². The Kier molecular flexibility index (Phi) is 5.78. The highest BCUT2D eigenvalue weighted by molar-refractivity contribution is 7.20. The van der Waals surface area contributed by atoms with Gasteiger partial charge in [-0.15, -0.1) is 11.3 Å². The van der Waals surface area contributed by atoms with E-state index in [0.29, 0.717) is 4.34 Å². The number of halogens is 5. The molecule has 0 aliphatic heterocycles. The fourth-order valence-electron chi connectivity index (χ4n) is 1.66. The molecule has 0 saturated heterocycles. The number of benzene rings is 1. The Morgan fingerprint density at radius 3 is 2.39 bits per heavy atom. The Balaban J connectivity index is 1.79. The number of carbonyl (C=O) groups excluding carboxylic acids is 1. The molecule has 0 aliphatic rings. The van der Waals surface area contributed by atoms with Gasteiger partial charge in [-0.05, 0) is 30.3 Å². The molecule has 1 aromatic heterocycles. The van der Waals surface area contributed by atoms with E-state index in [1.54, 1.807) is 0 Å². The van der Waals surface area contributed by atoms with Crippen LogP contribution < -0.4 is 10.1 Å². The van der Waals surface area contributed by atoms with Crippen LogP contribution in [0.15, 0.2) is 30.3 Å². The SMILES string of the molecule is O=C(NCCOc1ccc(C(F)(F)F)cc1)c1cc(Cl)sc1Cl. The van der Waals surface area contributed by atoms with Crippen LogP contribution in [0.25, 0.3) is 0 Å². The maximum atomic E-state index is 12.4. The van der Waals surface area contributed by atoms with Crippen LogP contribution in [-0.2, 0) is 6.18 Å². The van der Waals surface area contributed by atoms with Gasteiger partial charge in [0.1, 0.15) is 16.7 Å². The van der Waals surface area contributed by atoms with Crippen molar-refractivity contribution in [2.24, 2.45) is 0 Å². The second kappa shape index (κ2) is 7.42. The summed E-state index contributed by atoms with van der Waals surface area (Å²) in [7, 11) is 0. The zero-order valence-electron chi connectivity index (χ0n) is 11.4. The summed E-state index contributed by atoms with van der Waals surface area (Å²) in [5, 5.41) is 2.58. The molecule has 2 aromatic rings. The quantitative estimate of drug-likeness (QED) is 0.747. The number of nitrogens with one attached hydrogen (secondary N) is 1. The van der Waals surface area contributed by atoms with Gasteiger partial charge < -0.3 is 10.1 Å². The lowest BCUT2D eigenvalue weighted by Gasteiger charge is -2.09. The van der Waals surface area contributed by atoms with Crippen LogP contribution in [0.1, 0.15) is 15.9 Å². The lowest BCUT2D eigenvalue weighted by atomic mass is 10.2. The first-order valence-electron chi connectivity index (χ1n) is 6.30. The molecule has 23 heavy (non-hydrogen) atoms. The van der Waals surface area contributed by atoms with Crippen molar-refractivity contribution in [2.75, 3.05) is 13.2 Å². The van der Waals surface area contributed by atoms with Gasteiger partial charge in [0, 0.05) is 0 Å². The lowest BCUT2D eigenvalue weighted by Crippen LogP contribution is -2.27. The van der Waals surface area contributed by atoms with Crippen LogP contribution in [0.4, 0.5) is 13.2 Å². The van der Waals surface area contributed by atoms with Crippen molar-refractivity contribution in [3.8, 4) is 5.75 Å². The summed E-state index contributed by atoms with van der Waals surface area (Å²) in [6.07, 6.45) is -4.38. The molecular formula is C14H10Cl2F3NO2S. The summed E-state index contributed by atoms with van der Waals surface area (Å²) in [6.45, 7) is 0.274. The smallest absolute Gasteiger partial charge is 0.416 e. The standard InChI is InChI=1S/C14H10Cl2F3NO2S/c15-11-7-10(12(16)23-11)13(21)20-5-6-22-9-3-1-8(2-4-9)14(17,18)19/h1-4,7H,5-6H2,(H,20,21). The number of ether oxygens (including phenoxy) is 1. The van der Waals surface area contributed by atoms with Gasteiger partial charge in [0.05, 0.1) is 22.0 Å². The summed E-state index contributed by atoms with van der Waals surface area (Å²) in [4.78, 5) is 11.8. The molecular weight excluding hydrogens is 374 g/mol. The van der Waals surface area contributed by atoms with Crippen molar-refractivity contribution in [2.45, 2.75) is 6.18 Å². The van der Waals surface area contributed by atoms with Gasteiger partial charge in [0.2, 0.25) is 0 Å². The largest absolute Gasteiger partial charge is 0.492 e. The zero-order chi connectivity index (χ0) is 17.0. The summed E-state index contributed by atoms with van der Waals surface area (Å²) in [5.41, 5.74) is -0.474. The number of rotatable bonds is 5. The Morgan fingerprint density at radius 1 is 1.22 bits per heavy atom. The van der Waals surface area contributed by atoms with Crippen LogP contribution in [0.3, 0.4) is 0 Å². The van der Waals surface area contributed by atoms with E-state index in [0.717, 1.165) is 23.5 Å². The minimum Gasteiger partial charge on any atom is -0.492 e. The Bertz CT molecular complexity index is 686. The van der Waals surface area contributed by atoms with Gasteiger partial charge in [-0.3, -0.25) is 4.79 Å². The highest BCUT2D eigenvalue weighted by Crippen LogP contribution is 2.31. The van der Waals surface area contributed by atoms with E-state index in [1.807, 2.05) is 0 Å². The number of thiophene rings is 1. The van der Waals surface area contributed by atoms with E-state index in [4.69, 9.17) is 27.9 Å². The molecule has 0 spiro atoms. The minimum atomic E-state index is -4.38. The van der Waals surface area contributed by atoms with Crippen molar-refractivity contribution in [1.82, 2.24) is 5.32 Å². The van der Waals surface area contributed by atoms with Crippen LogP contribution in [0, 0.1) is 0 Å². The molecule has 0 bridgehead atoms. The van der Waals surface area contributed by atoms with Gasteiger partial charge in [0.25, 0.3) is 5.91 Å². The van der Waals surface area contributed by atoms with E-state index in [9.17, 15) is 18.0 Å². The van der Waals surface area contributed by atoms with E-state index < -0.39 is 17.6 Å². The van der Waals surface area contributed by atoms with E-state index in [2.05, 4.69) is 5.32 Å². The third-order valence-corrected chi connectivity index (χ3v) is 4.23. The average molecular weight is 384 g/mol. The van der Waals surface area contributed by atoms with Crippen molar-refractivity contribution in [3.05, 3.63) is 50.1 Å². The molecule has 1 aromatic carbocycles. The maximum absolute atomic E-state index is 12.4. The number of hydrogen-bond donors (Lipinski definition) is 1. The molecule has 3 nitrogen and oxygen atoms in total. The fraction of sp³-hybridized carbons (Fsp3) is 0.214. The van der Waals surface area contributed by atoms with E-state index >= 15 is 0 Å². The number of amides is 1. The van der Waals surface area contributed by atoms with Crippen LogP contribution in [-0.4, -0.2) is 19.1 Å². The average Bonchev–Trinajstić information content (AvgIpc) is 2.82. The van der Waals surface area contributed by atoms with Crippen LogP contribution >= 0.6 is 34.5 Å². The predicted molar refractivity (Wildman–Crippen MR) is 83.6 cm³/mol. The van der Waals surface area contributed by atoms with Crippen molar-refractivity contribution in [3.63, 3.8) is 0 Å². The molecule has 1 amide bonds. The number of hydrogen-bond acceptors (Lipinski definition) is 3. The topological polar surface area (TPSA) is 38.3 Å². The molecule has 9 heteroatoms. The first kappa shape index (κ1) is 17.9. The molecule has 0 radical (unpaired) electrons. The summed E-state index contributed by atoms with van der Waals surface area (Å²) >= 11 is 12.7. The van der Waals surface area contributed by atoms with Gasteiger partial charge >= 0.3 is 6.18 Å². The Labute approximate surface area is 144 Å². The molecule has 124 valence electrons. The second-order valence-electron chi connectivity index (χ2n) is 4.36. The van der Waals surface area contributed by atoms with Crippen LogP contribution in [0.5, 0.6) is 5.75 Å². The Morgan fingerprint density at radius 2 is 1.87 bits per heavy atom. The fourth-order valence-corrected chi connectivity index (χ4v) is 3.12. The Hall–Kier alpha value is -1.44. The predicted octanol–water partition coefficient (Wildman–Crippen LogP) is 4.88. The molecule has 1 N–H and O–H groups in total. The number of alkyl halides is 3. The monoisotopic (exact) mass is 383 g/mol. The van der Waals surface area contributed by atoms with Crippen molar-refractivity contribution >= 4 is 40.4 Å². The van der Waals surface area contributed by atoms with E-state index in [1.165, 1.54) is 18.2 Å². The van der Waals surface area contributed by atoms with E-state index in [-0.39, 0.29) is 28.8 Å². The first-order valence-corrected chi connectivity index (χ1v) is 7.87. The molecule has 0 saturated carbocycles. The first-order chi connectivity index (χ1) is 10.8. The molecule has 2 rings (SSSR count). The summed E-state index contributed by atoms with van der Waals surface area (Å²) < 4.78 is 43.2. The molecule has 1 heterocycles. The normalized spacial score (nSPS) is 11.3. The second-order valence-corrected chi connectivity index (χ2v) is 6.65. The van der Waals surface area contributed by atoms with Gasteiger partial charge in [-0.25, -0.2) is 0 Å². The molecule has 0 fully saturated rings. The summed E-state index contributed by atoms with van der Waals surface area (Å²) in [6, 6.07) is 5.77. The van der Waals surface area contributed by atoms with Gasteiger partial charge in [-0.1, -0.05) is 23.2 Å². The minimum absolute atomic E-state index is 0.104. The third-order valence-electron chi connectivity index (χ3n) is 2.74. The molecule has 0 aliphatic carbocycles. The highest BCUT2D eigenvalue weighted by atomic mass is 35.5. The molecule has 0 unspecified atom stereocenters. The summed E-state index contributed by atoms with van der Waals surface area (Å²) in [5.74, 6) is -0.113. The van der Waals surface area contributed by atoms with Gasteiger partial charge in [-0.2, -0.15) is 13.2 Å². The highest BCUT2D eigenvalue weighted by Gasteiger charge is 2.29. The number of carbonyl (C=O) groups is 1. The third kappa shape index (κ3) is 5.02. The van der Waals surface area contributed by atoms with Gasteiger partial charge in [0.15, 0.2) is 0 Å². The lowest BCUT2D eigenvalue weighted by molar-refractivity contribution is -0.137. The maximum Gasteiger partial charge on any atom is 0.416 e.